The zero-order valence-electron chi connectivity index (χ0n) is 14.9. The highest BCUT2D eigenvalue weighted by Crippen LogP contribution is 2.46. The number of hydrogen-bond donors (Lipinski definition) is 2. The van der Waals surface area contributed by atoms with Crippen LogP contribution >= 0.6 is 0 Å². The van der Waals surface area contributed by atoms with Crippen LogP contribution in [0.2, 0.25) is 0 Å². The fraction of sp³-hybridized carbons (Fsp3) is 0.500. The lowest BCUT2D eigenvalue weighted by molar-refractivity contribution is -0.00114. The molecule has 0 aromatic carbocycles. The Morgan fingerprint density at radius 2 is 2.15 bits per heavy atom. The van der Waals surface area contributed by atoms with E-state index in [0.29, 0.717) is 18.1 Å². The number of aromatic nitrogens is 2. The number of nitrogens with one attached hydrogen (secondary N) is 1. The van der Waals surface area contributed by atoms with Crippen LogP contribution in [-0.4, -0.2) is 39.1 Å². The van der Waals surface area contributed by atoms with E-state index in [-0.39, 0.29) is 17.8 Å². The highest BCUT2D eigenvalue weighted by atomic mass is 16.3. The molecule has 2 aromatic heterocycles. The molecule has 0 atom stereocenters. The molecule has 1 saturated carbocycles. The molecule has 2 aromatic rings. The van der Waals surface area contributed by atoms with Crippen molar-refractivity contribution in [3.05, 3.63) is 45.5 Å². The van der Waals surface area contributed by atoms with Crippen LogP contribution in [0.25, 0.3) is 0 Å². The Bertz CT molecular complexity index is 926. The van der Waals surface area contributed by atoms with Gasteiger partial charge in [0.2, 0.25) is 5.75 Å². The summed E-state index contributed by atoms with van der Waals surface area (Å²) >= 11 is 0. The summed E-state index contributed by atoms with van der Waals surface area (Å²) in [6.45, 7) is 3.16. The Balaban J connectivity index is 1.67. The van der Waals surface area contributed by atoms with Crippen LogP contribution in [0.4, 0.5) is 0 Å². The third kappa shape index (κ3) is 2.44. The number of nitrogens with zero attached hydrogens (tertiary/aromatic N) is 3. The molecular formula is C18H22N4O4. The average molecular weight is 358 g/mol. The first-order chi connectivity index (χ1) is 12.4. The number of carbonyl (C=O) groups excluding carboxylic acids is 1. The number of amides is 1. The molecule has 8 nitrogen and oxygen atoms in total. The maximum atomic E-state index is 12.6. The molecule has 0 radical (unpaired) electrons. The number of rotatable bonds is 3. The predicted molar refractivity (Wildman–Crippen MR) is 92.9 cm³/mol. The highest BCUT2D eigenvalue weighted by molar-refractivity contribution is 5.94. The van der Waals surface area contributed by atoms with Crippen LogP contribution in [0.5, 0.6) is 5.75 Å². The third-order valence-electron chi connectivity index (χ3n) is 5.57. The maximum Gasteiger partial charge on any atom is 0.296 e. The molecule has 2 aliphatic rings. The van der Waals surface area contributed by atoms with Crippen LogP contribution in [0.15, 0.2) is 21.3 Å². The van der Waals surface area contributed by atoms with Gasteiger partial charge in [0.1, 0.15) is 17.3 Å². The van der Waals surface area contributed by atoms with E-state index < -0.39 is 17.2 Å². The van der Waals surface area contributed by atoms with Gasteiger partial charge in [0.15, 0.2) is 5.69 Å². The van der Waals surface area contributed by atoms with Gasteiger partial charge in [0.05, 0.1) is 12.1 Å². The molecule has 26 heavy (non-hydrogen) atoms. The summed E-state index contributed by atoms with van der Waals surface area (Å²) in [5.74, 6) is 0.748. The monoisotopic (exact) mass is 358 g/mol. The molecule has 138 valence electrons. The number of aromatic hydroxyl groups is 1. The third-order valence-corrected chi connectivity index (χ3v) is 5.57. The van der Waals surface area contributed by atoms with Gasteiger partial charge in [-0.1, -0.05) is 0 Å². The Labute approximate surface area is 150 Å². The first-order valence-corrected chi connectivity index (χ1v) is 8.81. The smallest absolute Gasteiger partial charge is 0.296 e. The SMILES string of the molecule is Cc1ccc(CNC(=O)c2nc3n(c(=O)c2O)CCN(C)C32CCC2)o1. The van der Waals surface area contributed by atoms with E-state index in [9.17, 15) is 14.7 Å². The Kier molecular flexibility index (Phi) is 3.87. The fourth-order valence-electron chi connectivity index (χ4n) is 3.85. The van der Waals surface area contributed by atoms with E-state index in [1.807, 2.05) is 14.0 Å². The molecule has 1 spiro atoms. The van der Waals surface area contributed by atoms with Crippen molar-refractivity contribution >= 4 is 5.91 Å². The van der Waals surface area contributed by atoms with Crippen LogP contribution in [0.3, 0.4) is 0 Å². The summed E-state index contributed by atoms with van der Waals surface area (Å²) < 4.78 is 6.93. The van der Waals surface area contributed by atoms with Gasteiger partial charge in [-0.3, -0.25) is 19.1 Å². The standard InChI is InChI=1S/C18H22N4O4/c1-11-4-5-12(26-11)10-19-15(24)13-14(23)16(25)22-9-8-21(2)18(6-3-7-18)17(22)20-13/h4-5,23H,3,6-10H2,1-2H3,(H,19,24). The van der Waals surface area contributed by atoms with E-state index in [4.69, 9.17) is 4.42 Å². The van der Waals surface area contributed by atoms with E-state index in [1.54, 1.807) is 12.1 Å². The lowest BCUT2D eigenvalue weighted by Crippen LogP contribution is -2.57. The molecule has 4 rings (SSSR count). The van der Waals surface area contributed by atoms with E-state index in [1.165, 1.54) is 4.57 Å². The number of furan rings is 1. The minimum absolute atomic E-state index is 0.164. The zero-order valence-corrected chi connectivity index (χ0v) is 14.9. The van der Waals surface area contributed by atoms with Gasteiger partial charge in [-0.2, -0.15) is 0 Å². The normalized spacial score (nSPS) is 18.4. The molecule has 1 aliphatic carbocycles. The van der Waals surface area contributed by atoms with E-state index in [2.05, 4.69) is 15.2 Å². The predicted octanol–water partition coefficient (Wildman–Crippen LogP) is 1.10. The minimum Gasteiger partial charge on any atom is -0.501 e. The van der Waals surface area contributed by atoms with Gasteiger partial charge < -0.3 is 14.8 Å². The molecule has 0 unspecified atom stereocenters. The van der Waals surface area contributed by atoms with Gasteiger partial charge in [-0.25, -0.2) is 4.98 Å². The number of likely N-dealkylation sites (N-methyl/N-ethyl adjacent to an activating group) is 1. The molecule has 2 N–H and O–H groups in total. The molecule has 1 amide bonds. The molecular weight excluding hydrogens is 336 g/mol. The van der Waals surface area contributed by atoms with Crippen LogP contribution in [0.1, 0.15) is 47.1 Å². The van der Waals surface area contributed by atoms with Crippen LogP contribution in [0, 0.1) is 6.92 Å². The molecule has 0 bridgehead atoms. The van der Waals surface area contributed by atoms with Gasteiger partial charge in [-0.05, 0) is 45.4 Å². The number of carbonyl (C=O) groups is 1. The van der Waals surface area contributed by atoms with Crippen molar-refractivity contribution in [1.82, 2.24) is 19.8 Å². The largest absolute Gasteiger partial charge is 0.501 e. The number of aryl methyl sites for hydroxylation is 1. The van der Waals surface area contributed by atoms with Crippen molar-refractivity contribution in [3.63, 3.8) is 0 Å². The quantitative estimate of drug-likeness (QED) is 0.852. The Hall–Kier alpha value is -2.61. The van der Waals surface area contributed by atoms with Gasteiger partial charge >= 0.3 is 0 Å². The van der Waals surface area contributed by atoms with Gasteiger partial charge in [0, 0.05) is 13.1 Å². The summed E-state index contributed by atoms with van der Waals surface area (Å²) in [7, 11) is 2.01. The van der Waals surface area contributed by atoms with Gasteiger partial charge in [0.25, 0.3) is 11.5 Å². The van der Waals surface area contributed by atoms with E-state index in [0.717, 1.165) is 31.6 Å². The lowest BCUT2D eigenvalue weighted by Gasteiger charge is -2.51. The van der Waals surface area contributed by atoms with Crippen molar-refractivity contribution < 1.29 is 14.3 Å². The Morgan fingerprint density at radius 1 is 1.38 bits per heavy atom. The summed E-state index contributed by atoms with van der Waals surface area (Å²) in [5.41, 5.74) is -1.07. The molecule has 1 fully saturated rings. The molecule has 3 heterocycles. The van der Waals surface area contributed by atoms with Crippen LogP contribution < -0.4 is 10.9 Å². The molecule has 8 heteroatoms. The van der Waals surface area contributed by atoms with Crippen molar-refractivity contribution in [2.24, 2.45) is 0 Å². The maximum absolute atomic E-state index is 12.6. The summed E-state index contributed by atoms with van der Waals surface area (Å²) in [4.78, 5) is 31.8. The van der Waals surface area contributed by atoms with Crippen molar-refractivity contribution in [3.8, 4) is 5.75 Å². The first-order valence-electron chi connectivity index (χ1n) is 8.81. The second kappa shape index (κ2) is 5.98. The zero-order chi connectivity index (χ0) is 18.5. The fourth-order valence-corrected chi connectivity index (χ4v) is 3.85. The topological polar surface area (TPSA) is 101 Å². The number of hydrogen-bond acceptors (Lipinski definition) is 6. The average Bonchev–Trinajstić information content (AvgIpc) is 2.99. The van der Waals surface area contributed by atoms with Gasteiger partial charge in [-0.15, -0.1) is 0 Å². The highest BCUT2D eigenvalue weighted by Gasteiger charge is 2.48. The van der Waals surface area contributed by atoms with E-state index >= 15 is 0 Å². The van der Waals surface area contributed by atoms with Crippen LogP contribution in [-0.2, 0) is 18.6 Å². The lowest BCUT2D eigenvalue weighted by atomic mass is 9.73. The molecule has 1 aliphatic heterocycles. The number of fused-ring (bicyclic) bond motifs is 2. The summed E-state index contributed by atoms with van der Waals surface area (Å²) in [5, 5.41) is 12.9. The second-order valence-corrected chi connectivity index (χ2v) is 7.09. The second-order valence-electron chi connectivity index (χ2n) is 7.09. The Morgan fingerprint density at radius 3 is 2.77 bits per heavy atom. The molecule has 0 saturated heterocycles. The summed E-state index contributed by atoms with van der Waals surface area (Å²) in [6, 6.07) is 3.57. The summed E-state index contributed by atoms with van der Waals surface area (Å²) in [6.07, 6.45) is 2.85. The van der Waals surface area contributed by atoms with Crippen molar-refractivity contribution in [2.45, 2.75) is 44.8 Å². The minimum atomic E-state index is -0.596. The van der Waals surface area contributed by atoms with Crippen molar-refractivity contribution in [1.29, 1.82) is 0 Å². The first kappa shape index (κ1) is 16.8. The van der Waals surface area contributed by atoms with Crippen molar-refractivity contribution in [2.75, 3.05) is 13.6 Å².